The summed E-state index contributed by atoms with van der Waals surface area (Å²) >= 11 is 12.3. The van der Waals surface area contributed by atoms with Crippen LogP contribution >= 0.6 is 23.2 Å². The minimum atomic E-state index is -0.190. The molecule has 1 aliphatic heterocycles. The highest BCUT2D eigenvalue weighted by molar-refractivity contribution is 6.35. The van der Waals surface area contributed by atoms with Gasteiger partial charge < -0.3 is 9.15 Å². The average molecular weight is 430 g/mol. The zero-order valence-electron chi connectivity index (χ0n) is 16.2. The molecule has 1 aromatic heterocycles. The fourth-order valence-corrected chi connectivity index (χ4v) is 5.04. The molecule has 2 aromatic carbocycles. The van der Waals surface area contributed by atoms with Gasteiger partial charge in [-0.2, -0.15) is 0 Å². The maximum absolute atomic E-state index is 12.3. The van der Waals surface area contributed by atoms with Crippen molar-refractivity contribution in [3.8, 4) is 5.75 Å². The highest BCUT2D eigenvalue weighted by atomic mass is 35.5. The molecule has 2 aliphatic rings. The molecule has 0 saturated heterocycles. The molecule has 1 aliphatic carbocycles. The van der Waals surface area contributed by atoms with Gasteiger partial charge in [0.1, 0.15) is 18.1 Å². The minimum Gasteiger partial charge on any atom is -0.477 e. The van der Waals surface area contributed by atoms with Crippen molar-refractivity contribution >= 4 is 34.2 Å². The van der Waals surface area contributed by atoms with Crippen molar-refractivity contribution < 1.29 is 9.15 Å². The van der Waals surface area contributed by atoms with Crippen LogP contribution in [0.4, 0.5) is 0 Å². The lowest BCUT2D eigenvalue weighted by Gasteiger charge is -2.30. The SMILES string of the molecule is Cc1c2c(cc3c4c(c(=O)oc13)CCC4)CN(CCc1ccc(Cl)cc1Cl)CO2. The Bertz CT molecular complexity index is 1190. The molecule has 0 fully saturated rings. The molecule has 0 radical (unpaired) electrons. The van der Waals surface area contributed by atoms with E-state index in [1.807, 2.05) is 19.1 Å². The van der Waals surface area contributed by atoms with Gasteiger partial charge in [0, 0.05) is 45.2 Å². The summed E-state index contributed by atoms with van der Waals surface area (Å²) < 4.78 is 11.8. The van der Waals surface area contributed by atoms with Gasteiger partial charge >= 0.3 is 5.63 Å². The number of ether oxygens (including phenoxy) is 1. The summed E-state index contributed by atoms with van der Waals surface area (Å²) in [5.74, 6) is 0.847. The normalized spacial score (nSPS) is 16.0. The highest BCUT2D eigenvalue weighted by Gasteiger charge is 2.26. The molecule has 0 N–H and O–H groups in total. The van der Waals surface area contributed by atoms with E-state index in [-0.39, 0.29) is 5.63 Å². The first-order chi connectivity index (χ1) is 14.0. The number of aryl methyl sites for hydroxylation is 2. The quantitative estimate of drug-likeness (QED) is 0.530. The van der Waals surface area contributed by atoms with Crippen LogP contribution in [0.5, 0.6) is 5.75 Å². The van der Waals surface area contributed by atoms with Gasteiger partial charge in [-0.1, -0.05) is 29.3 Å². The minimum absolute atomic E-state index is 0.190. The smallest absolute Gasteiger partial charge is 0.339 e. The summed E-state index contributed by atoms with van der Waals surface area (Å²) in [7, 11) is 0. The van der Waals surface area contributed by atoms with Crippen molar-refractivity contribution in [1.82, 2.24) is 4.90 Å². The number of hydrogen-bond donors (Lipinski definition) is 0. The molecule has 2 heterocycles. The lowest BCUT2D eigenvalue weighted by atomic mass is 9.99. The summed E-state index contributed by atoms with van der Waals surface area (Å²) in [5.41, 5.74) is 5.64. The van der Waals surface area contributed by atoms with Crippen LogP contribution in [0.1, 0.15) is 34.2 Å². The number of hydrogen-bond acceptors (Lipinski definition) is 4. The Labute approximate surface area is 179 Å². The van der Waals surface area contributed by atoms with E-state index in [2.05, 4.69) is 11.0 Å². The molecule has 6 heteroatoms. The molecule has 3 aromatic rings. The third-order valence-electron chi connectivity index (χ3n) is 6.02. The zero-order chi connectivity index (χ0) is 20.1. The summed E-state index contributed by atoms with van der Waals surface area (Å²) in [6.07, 6.45) is 3.59. The van der Waals surface area contributed by atoms with Gasteiger partial charge in [-0.25, -0.2) is 4.79 Å². The average Bonchev–Trinajstić information content (AvgIpc) is 3.19. The molecule has 4 nitrogen and oxygen atoms in total. The lowest BCUT2D eigenvalue weighted by Crippen LogP contribution is -2.34. The second kappa shape index (κ2) is 7.35. The lowest BCUT2D eigenvalue weighted by molar-refractivity contribution is 0.0959. The first kappa shape index (κ1) is 19.0. The van der Waals surface area contributed by atoms with Gasteiger partial charge in [-0.3, -0.25) is 4.90 Å². The number of nitrogens with zero attached hydrogens (tertiary/aromatic N) is 1. The van der Waals surface area contributed by atoms with E-state index in [0.717, 1.165) is 77.7 Å². The molecule has 5 rings (SSSR count). The molecule has 0 bridgehead atoms. The van der Waals surface area contributed by atoms with Gasteiger partial charge in [0.05, 0.1) is 0 Å². The molecule has 0 atom stereocenters. The first-order valence-corrected chi connectivity index (χ1v) is 10.7. The second-order valence-corrected chi connectivity index (χ2v) is 8.72. The van der Waals surface area contributed by atoms with Crippen molar-refractivity contribution in [1.29, 1.82) is 0 Å². The van der Waals surface area contributed by atoms with Crippen LogP contribution in [0.2, 0.25) is 10.0 Å². The van der Waals surface area contributed by atoms with Crippen molar-refractivity contribution in [2.75, 3.05) is 13.3 Å². The molecular weight excluding hydrogens is 409 g/mol. The van der Waals surface area contributed by atoms with Crippen LogP contribution in [-0.4, -0.2) is 18.2 Å². The fourth-order valence-electron chi connectivity index (χ4n) is 4.53. The van der Waals surface area contributed by atoms with Gasteiger partial charge in [0.15, 0.2) is 0 Å². The summed E-state index contributed by atoms with van der Waals surface area (Å²) in [5, 5.41) is 2.42. The van der Waals surface area contributed by atoms with Gasteiger partial charge in [-0.05, 0) is 61.9 Å². The molecule has 150 valence electrons. The third kappa shape index (κ3) is 3.33. The topological polar surface area (TPSA) is 42.7 Å². The summed E-state index contributed by atoms with van der Waals surface area (Å²) in [6, 6.07) is 7.79. The second-order valence-electron chi connectivity index (χ2n) is 7.88. The monoisotopic (exact) mass is 429 g/mol. The Morgan fingerprint density at radius 2 is 1.97 bits per heavy atom. The van der Waals surface area contributed by atoms with E-state index >= 15 is 0 Å². The standard InChI is InChI=1S/C23H21Cl2NO3/c1-13-21-15(9-19-17-3-2-4-18(17)23(27)29-22(13)19)11-26(12-28-21)8-7-14-5-6-16(24)10-20(14)25/h5-6,9-10H,2-4,7-8,11-12H2,1H3. The fraction of sp³-hybridized carbons (Fsp3) is 0.348. The molecule has 0 amide bonds. The number of fused-ring (bicyclic) bond motifs is 4. The maximum Gasteiger partial charge on any atom is 0.339 e. The van der Waals surface area contributed by atoms with Gasteiger partial charge in [-0.15, -0.1) is 0 Å². The Balaban J connectivity index is 1.44. The Morgan fingerprint density at radius 3 is 2.79 bits per heavy atom. The summed E-state index contributed by atoms with van der Waals surface area (Å²) in [6.45, 7) is 4.11. The van der Waals surface area contributed by atoms with Crippen molar-refractivity contribution in [2.45, 2.75) is 39.2 Å². The Kier molecular flexibility index (Phi) is 4.81. The van der Waals surface area contributed by atoms with Crippen molar-refractivity contribution in [3.63, 3.8) is 0 Å². The Hall–Kier alpha value is -2.01. The third-order valence-corrected chi connectivity index (χ3v) is 6.60. The first-order valence-electron chi connectivity index (χ1n) is 9.91. The summed E-state index contributed by atoms with van der Waals surface area (Å²) in [4.78, 5) is 14.6. The van der Waals surface area contributed by atoms with Crippen LogP contribution in [0.15, 0.2) is 33.5 Å². The van der Waals surface area contributed by atoms with E-state index in [1.54, 1.807) is 6.07 Å². The predicted molar refractivity (Wildman–Crippen MR) is 115 cm³/mol. The number of benzene rings is 2. The van der Waals surface area contributed by atoms with Crippen molar-refractivity contribution in [3.05, 3.63) is 72.5 Å². The van der Waals surface area contributed by atoms with Crippen LogP contribution < -0.4 is 10.4 Å². The van der Waals surface area contributed by atoms with Crippen LogP contribution in [0.3, 0.4) is 0 Å². The number of halogens is 2. The van der Waals surface area contributed by atoms with E-state index in [4.69, 9.17) is 32.4 Å². The molecule has 0 unspecified atom stereocenters. The highest BCUT2D eigenvalue weighted by Crippen LogP contribution is 2.38. The van der Waals surface area contributed by atoms with Crippen LogP contribution in [-0.2, 0) is 25.8 Å². The van der Waals surface area contributed by atoms with E-state index < -0.39 is 0 Å². The van der Waals surface area contributed by atoms with E-state index in [9.17, 15) is 4.79 Å². The van der Waals surface area contributed by atoms with E-state index in [0.29, 0.717) is 22.4 Å². The van der Waals surface area contributed by atoms with Crippen molar-refractivity contribution in [2.24, 2.45) is 0 Å². The van der Waals surface area contributed by atoms with Gasteiger partial charge in [0.2, 0.25) is 0 Å². The van der Waals surface area contributed by atoms with E-state index in [1.165, 1.54) is 0 Å². The predicted octanol–water partition coefficient (Wildman–Crippen LogP) is 5.29. The zero-order valence-corrected chi connectivity index (χ0v) is 17.7. The van der Waals surface area contributed by atoms with Gasteiger partial charge in [0.25, 0.3) is 0 Å². The largest absolute Gasteiger partial charge is 0.477 e. The molecule has 0 saturated carbocycles. The molecule has 29 heavy (non-hydrogen) atoms. The Morgan fingerprint density at radius 1 is 1.14 bits per heavy atom. The maximum atomic E-state index is 12.3. The molecular formula is C23H21Cl2NO3. The van der Waals surface area contributed by atoms with Crippen LogP contribution in [0.25, 0.3) is 11.0 Å². The van der Waals surface area contributed by atoms with Crippen LogP contribution in [0, 0.1) is 6.92 Å². The number of rotatable bonds is 3. The molecule has 0 spiro atoms.